The number of aryl methyl sites for hydroxylation is 2. The summed E-state index contributed by atoms with van der Waals surface area (Å²) in [7, 11) is 1.70. The van der Waals surface area contributed by atoms with Crippen molar-refractivity contribution in [2.45, 2.75) is 32.7 Å². The van der Waals surface area contributed by atoms with Gasteiger partial charge in [-0.25, -0.2) is 14.6 Å². The number of hydrogen-bond donors (Lipinski definition) is 0. The van der Waals surface area contributed by atoms with Crippen molar-refractivity contribution in [3.63, 3.8) is 0 Å². The number of fused-ring (bicyclic) bond motifs is 1. The van der Waals surface area contributed by atoms with Crippen LogP contribution >= 0.6 is 54.9 Å². The number of rotatable bonds is 5. The van der Waals surface area contributed by atoms with Crippen LogP contribution in [0.25, 0.3) is 17.3 Å². The maximum absolute atomic E-state index is 9.51. The van der Waals surface area contributed by atoms with Crippen molar-refractivity contribution in [3.05, 3.63) is 87.9 Å². The van der Waals surface area contributed by atoms with Gasteiger partial charge in [0.2, 0.25) is 0 Å². The van der Waals surface area contributed by atoms with Gasteiger partial charge in [0.05, 0.1) is 24.8 Å². The van der Waals surface area contributed by atoms with Crippen LogP contribution < -0.4 is 4.74 Å². The van der Waals surface area contributed by atoms with Gasteiger partial charge in [0.25, 0.3) is 0 Å². The second kappa shape index (κ2) is 12.2. The normalized spacial score (nSPS) is 14.2. The van der Waals surface area contributed by atoms with Gasteiger partial charge in [-0.3, -0.25) is 4.57 Å². The monoisotopic (exact) mass is 641 g/mol. The molecule has 4 aromatic rings. The van der Waals surface area contributed by atoms with Gasteiger partial charge in [0.1, 0.15) is 5.75 Å². The summed E-state index contributed by atoms with van der Waals surface area (Å²) in [5.41, 5.74) is 5.44. The molecule has 194 valence electrons. The fourth-order valence-corrected chi connectivity index (χ4v) is 4.33. The van der Waals surface area contributed by atoms with Crippen LogP contribution in [0.4, 0.5) is 0 Å². The fourth-order valence-electron chi connectivity index (χ4n) is 4.06. The van der Waals surface area contributed by atoms with E-state index in [4.69, 9.17) is 14.8 Å². The van der Waals surface area contributed by atoms with Gasteiger partial charge in [0.15, 0.2) is 11.6 Å². The zero-order valence-electron chi connectivity index (χ0n) is 20.1. The van der Waals surface area contributed by atoms with Crippen molar-refractivity contribution >= 4 is 66.5 Å². The standard InChI is InChI=1S/C25H24BrN5O.Cl3OP/c1-17-15-30(16-27-17)22-10-7-19(13-23(22)32-2)12-20-4-3-11-31-25(20)28-24(29-31)14-18-5-8-21(26)9-6-18;1-5(2,3)4/h5-10,12-13,15-16H,3-4,11,14H2,1-2H3;/b20-12+;. The highest BCUT2D eigenvalue weighted by atomic mass is 79.9. The van der Waals surface area contributed by atoms with Crippen LogP contribution in [0, 0.1) is 6.92 Å². The third kappa shape index (κ3) is 7.95. The van der Waals surface area contributed by atoms with E-state index in [0.29, 0.717) is 0 Å². The highest BCUT2D eigenvalue weighted by molar-refractivity contribution is 9.10. The van der Waals surface area contributed by atoms with Crippen LogP contribution in [0.1, 0.15) is 41.3 Å². The van der Waals surface area contributed by atoms with E-state index in [0.717, 1.165) is 64.6 Å². The van der Waals surface area contributed by atoms with Crippen LogP contribution in [-0.2, 0) is 17.5 Å². The lowest BCUT2D eigenvalue weighted by atomic mass is 10.0. The Morgan fingerprint density at radius 3 is 2.54 bits per heavy atom. The first-order valence-electron chi connectivity index (χ1n) is 11.4. The molecule has 0 atom stereocenters. The molecule has 2 aromatic heterocycles. The minimum atomic E-state index is -3.22. The van der Waals surface area contributed by atoms with Gasteiger partial charge in [0, 0.05) is 23.6 Å². The Morgan fingerprint density at radius 2 is 1.89 bits per heavy atom. The zero-order valence-corrected chi connectivity index (χ0v) is 24.9. The third-order valence-corrected chi connectivity index (χ3v) is 6.16. The van der Waals surface area contributed by atoms with E-state index in [2.05, 4.69) is 103 Å². The number of ether oxygens (including phenoxy) is 1. The van der Waals surface area contributed by atoms with Gasteiger partial charge in [-0.2, -0.15) is 5.10 Å². The summed E-state index contributed by atoms with van der Waals surface area (Å²) in [4.78, 5) is 9.21. The van der Waals surface area contributed by atoms with E-state index in [1.807, 2.05) is 28.7 Å². The molecule has 0 radical (unpaired) electrons. The highest BCUT2D eigenvalue weighted by Crippen LogP contribution is 2.61. The molecule has 37 heavy (non-hydrogen) atoms. The van der Waals surface area contributed by atoms with E-state index >= 15 is 0 Å². The molecule has 5 rings (SSSR count). The minimum Gasteiger partial charge on any atom is -0.495 e. The average Bonchev–Trinajstić information content (AvgIpc) is 3.46. The van der Waals surface area contributed by atoms with Gasteiger partial charge in [-0.15, -0.1) is 0 Å². The fraction of sp³-hybridized carbons (Fsp3) is 0.240. The molecule has 0 bridgehead atoms. The lowest BCUT2D eigenvalue weighted by Crippen LogP contribution is -2.11. The Hall–Kier alpha value is -2.09. The van der Waals surface area contributed by atoms with Gasteiger partial charge in [-0.05, 0) is 101 Å². The van der Waals surface area contributed by atoms with Gasteiger partial charge >= 0.3 is 5.20 Å². The van der Waals surface area contributed by atoms with E-state index in [1.165, 1.54) is 11.1 Å². The quantitative estimate of drug-likeness (QED) is 0.205. The second-order valence-electron chi connectivity index (χ2n) is 8.40. The Kier molecular flexibility index (Phi) is 9.20. The summed E-state index contributed by atoms with van der Waals surface area (Å²) in [6.07, 6.45) is 8.78. The van der Waals surface area contributed by atoms with E-state index in [-0.39, 0.29) is 0 Å². The largest absolute Gasteiger partial charge is 0.495 e. The lowest BCUT2D eigenvalue weighted by Gasteiger charge is -2.16. The summed E-state index contributed by atoms with van der Waals surface area (Å²) >= 11 is 17.3. The summed E-state index contributed by atoms with van der Waals surface area (Å²) in [5.74, 6) is 2.64. The Bertz CT molecular complexity index is 1460. The van der Waals surface area contributed by atoms with Crippen LogP contribution in [-0.4, -0.2) is 31.4 Å². The molecule has 0 spiro atoms. The number of halogens is 4. The molecule has 0 fully saturated rings. The van der Waals surface area contributed by atoms with Crippen LogP contribution in [0.5, 0.6) is 5.75 Å². The first-order valence-corrected chi connectivity index (χ1v) is 16.6. The SMILES string of the molecule is COc1cc(/C=C2\CCCn3nc(Cc4ccc(Br)cc4)nc32)ccc1-n1cnc(C)c1.O=P(Cl)(Cl)Cl. The maximum Gasteiger partial charge on any atom is 0.339 e. The van der Waals surface area contributed by atoms with E-state index in [9.17, 15) is 4.57 Å². The number of aromatic nitrogens is 5. The predicted molar refractivity (Wildman–Crippen MR) is 154 cm³/mol. The molecule has 0 saturated carbocycles. The second-order valence-corrected chi connectivity index (χ2v) is 16.0. The predicted octanol–water partition coefficient (Wildman–Crippen LogP) is 8.28. The number of imidazole rings is 1. The van der Waals surface area contributed by atoms with Crippen LogP contribution in [0.3, 0.4) is 0 Å². The number of nitrogens with zero attached hydrogens (tertiary/aromatic N) is 5. The molecule has 3 heterocycles. The molecule has 0 aliphatic carbocycles. The topological polar surface area (TPSA) is 74.8 Å². The molecule has 2 aromatic carbocycles. The maximum atomic E-state index is 9.51. The molecule has 0 amide bonds. The molecular formula is C25H24BrCl3N5O2P. The molecule has 0 unspecified atom stereocenters. The van der Waals surface area contributed by atoms with Crippen molar-refractivity contribution in [1.29, 1.82) is 0 Å². The first-order chi connectivity index (χ1) is 17.6. The molecule has 7 nitrogen and oxygen atoms in total. The number of methoxy groups -OCH3 is 1. The van der Waals surface area contributed by atoms with Crippen molar-refractivity contribution in [2.75, 3.05) is 7.11 Å². The minimum absolute atomic E-state index is 0.730. The number of allylic oxidation sites excluding steroid dienone is 1. The third-order valence-electron chi connectivity index (χ3n) is 5.63. The summed E-state index contributed by atoms with van der Waals surface area (Å²) < 4.78 is 20.3. The lowest BCUT2D eigenvalue weighted by molar-refractivity contribution is 0.413. The first kappa shape index (κ1) is 27.9. The highest BCUT2D eigenvalue weighted by Gasteiger charge is 2.19. The smallest absolute Gasteiger partial charge is 0.339 e. The summed E-state index contributed by atoms with van der Waals surface area (Å²) in [6, 6.07) is 14.6. The molecular weight excluding hydrogens is 620 g/mol. The van der Waals surface area contributed by atoms with Gasteiger partial charge in [-0.1, -0.05) is 34.1 Å². The van der Waals surface area contributed by atoms with Crippen LogP contribution in [0.15, 0.2) is 59.5 Å². The van der Waals surface area contributed by atoms with E-state index < -0.39 is 5.20 Å². The van der Waals surface area contributed by atoms with Crippen molar-refractivity contribution in [2.24, 2.45) is 0 Å². The zero-order chi connectivity index (χ0) is 26.6. The van der Waals surface area contributed by atoms with E-state index in [1.54, 1.807) is 7.11 Å². The Labute approximate surface area is 238 Å². The molecule has 12 heteroatoms. The molecule has 1 aliphatic heterocycles. The molecule has 0 N–H and O–H groups in total. The van der Waals surface area contributed by atoms with Crippen LogP contribution in [0.2, 0.25) is 0 Å². The van der Waals surface area contributed by atoms with Gasteiger partial charge < -0.3 is 9.30 Å². The number of hydrogen-bond acceptors (Lipinski definition) is 5. The number of benzene rings is 2. The summed E-state index contributed by atoms with van der Waals surface area (Å²) in [5, 5.41) is 1.55. The Balaban J connectivity index is 0.000000586. The Morgan fingerprint density at radius 1 is 1.16 bits per heavy atom. The average molecular weight is 644 g/mol. The van der Waals surface area contributed by atoms with Crippen molar-refractivity contribution in [3.8, 4) is 11.4 Å². The summed E-state index contributed by atoms with van der Waals surface area (Å²) in [6.45, 7) is 2.88. The van der Waals surface area contributed by atoms with Crippen molar-refractivity contribution < 1.29 is 9.30 Å². The molecule has 0 saturated heterocycles. The van der Waals surface area contributed by atoms with Crippen molar-refractivity contribution in [1.82, 2.24) is 24.3 Å². The molecule has 1 aliphatic rings.